The molecule has 0 bridgehead atoms. The summed E-state index contributed by atoms with van der Waals surface area (Å²) in [5, 5.41) is 0. The van der Waals surface area contributed by atoms with Gasteiger partial charge in [0.1, 0.15) is 6.10 Å². The van der Waals surface area contributed by atoms with Gasteiger partial charge in [-0.05, 0) is 37.7 Å². The molecule has 126 valence electrons. The Kier molecular flexibility index (Phi) is 4.71. The highest BCUT2D eigenvalue weighted by atomic mass is 32.2. The van der Waals surface area contributed by atoms with Crippen molar-refractivity contribution in [3.63, 3.8) is 0 Å². The Morgan fingerprint density at radius 3 is 2.87 bits per heavy atom. The predicted molar refractivity (Wildman–Crippen MR) is 94.3 cm³/mol. The number of likely N-dealkylation sites (tertiary alicyclic amines) is 1. The number of pyridine rings is 1. The van der Waals surface area contributed by atoms with Crippen LogP contribution in [0.5, 0.6) is 5.75 Å². The number of ether oxygens (including phenoxy) is 1. The second-order valence-corrected chi connectivity index (χ2v) is 7.74. The molecule has 0 N–H and O–H groups in total. The van der Waals surface area contributed by atoms with Gasteiger partial charge in [-0.1, -0.05) is 0 Å². The standard InChI is InChI=1S/C17H25N3O2S/c1-19(2)15-14(6-4-10-18-15)22-13-7-11-20(12-13)16(21)17(23-3)8-5-9-17/h4,6,10,13H,5,7-9,11-12H2,1-3H3/t13-/m0/s1. The normalized spacial score (nSPS) is 22.6. The monoisotopic (exact) mass is 335 g/mol. The maximum Gasteiger partial charge on any atom is 0.238 e. The van der Waals surface area contributed by atoms with Crippen LogP contribution in [0, 0.1) is 0 Å². The molecule has 0 unspecified atom stereocenters. The smallest absolute Gasteiger partial charge is 0.238 e. The second-order valence-electron chi connectivity index (χ2n) is 6.55. The van der Waals surface area contributed by atoms with Gasteiger partial charge in [-0.25, -0.2) is 4.98 Å². The van der Waals surface area contributed by atoms with Crippen LogP contribution >= 0.6 is 11.8 Å². The number of carbonyl (C=O) groups is 1. The van der Waals surface area contributed by atoms with Crippen LogP contribution in [-0.4, -0.2) is 60.1 Å². The molecule has 1 amide bonds. The van der Waals surface area contributed by atoms with Gasteiger partial charge in [0.15, 0.2) is 11.6 Å². The molecular weight excluding hydrogens is 310 g/mol. The average molecular weight is 335 g/mol. The van der Waals surface area contributed by atoms with Crippen molar-refractivity contribution in [2.45, 2.75) is 36.5 Å². The Balaban J connectivity index is 1.63. The molecule has 1 atom stereocenters. The quantitative estimate of drug-likeness (QED) is 0.827. The number of thioether (sulfide) groups is 1. The topological polar surface area (TPSA) is 45.7 Å². The zero-order valence-corrected chi connectivity index (χ0v) is 14.9. The molecule has 1 aliphatic heterocycles. The Labute approximate surface area is 142 Å². The van der Waals surface area contributed by atoms with E-state index in [1.54, 1.807) is 18.0 Å². The Morgan fingerprint density at radius 2 is 2.26 bits per heavy atom. The van der Waals surface area contributed by atoms with Crippen molar-refractivity contribution in [1.29, 1.82) is 0 Å². The van der Waals surface area contributed by atoms with Crippen molar-refractivity contribution in [1.82, 2.24) is 9.88 Å². The first-order valence-electron chi connectivity index (χ1n) is 8.19. The fraction of sp³-hybridized carbons (Fsp3) is 0.647. The number of nitrogens with zero attached hydrogens (tertiary/aromatic N) is 3. The van der Waals surface area contributed by atoms with Crippen LogP contribution in [0.2, 0.25) is 0 Å². The van der Waals surface area contributed by atoms with E-state index < -0.39 is 0 Å². The lowest BCUT2D eigenvalue weighted by atomic mass is 9.83. The van der Waals surface area contributed by atoms with Crippen molar-refractivity contribution >= 4 is 23.5 Å². The van der Waals surface area contributed by atoms with Gasteiger partial charge in [0.25, 0.3) is 0 Å². The first kappa shape index (κ1) is 16.4. The zero-order chi connectivity index (χ0) is 16.4. The van der Waals surface area contributed by atoms with Crippen molar-refractivity contribution < 1.29 is 9.53 Å². The van der Waals surface area contributed by atoms with E-state index in [0.29, 0.717) is 12.5 Å². The lowest BCUT2D eigenvalue weighted by Gasteiger charge is -2.41. The molecule has 0 aromatic carbocycles. The Hall–Kier alpha value is -1.43. The number of amides is 1. The molecule has 1 aromatic heterocycles. The zero-order valence-electron chi connectivity index (χ0n) is 14.1. The summed E-state index contributed by atoms with van der Waals surface area (Å²) in [7, 11) is 3.91. The third-order valence-corrected chi connectivity index (χ3v) is 6.21. The Morgan fingerprint density at radius 1 is 1.48 bits per heavy atom. The summed E-state index contributed by atoms with van der Waals surface area (Å²) >= 11 is 1.72. The summed E-state index contributed by atoms with van der Waals surface area (Å²) in [5.74, 6) is 1.93. The highest BCUT2D eigenvalue weighted by Crippen LogP contribution is 2.44. The molecule has 2 fully saturated rings. The van der Waals surface area contributed by atoms with E-state index in [0.717, 1.165) is 37.4 Å². The van der Waals surface area contributed by atoms with Crippen LogP contribution < -0.4 is 9.64 Å². The molecule has 0 spiro atoms. The molecular formula is C17H25N3O2S. The molecule has 2 heterocycles. The minimum Gasteiger partial charge on any atom is -0.485 e. The lowest BCUT2D eigenvalue weighted by molar-refractivity contribution is -0.135. The van der Waals surface area contributed by atoms with Gasteiger partial charge in [0, 0.05) is 33.3 Å². The third-order valence-electron chi connectivity index (χ3n) is 4.84. The molecule has 23 heavy (non-hydrogen) atoms. The molecule has 1 saturated carbocycles. The van der Waals surface area contributed by atoms with Crippen LogP contribution in [0.4, 0.5) is 5.82 Å². The van der Waals surface area contributed by atoms with E-state index in [2.05, 4.69) is 11.2 Å². The summed E-state index contributed by atoms with van der Waals surface area (Å²) in [6.07, 6.45) is 7.97. The largest absolute Gasteiger partial charge is 0.485 e. The van der Waals surface area contributed by atoms with Gasteiger partial charge in [0.2, 0.25) is 5.91 Å². The molecule has 6 heteroatoms. The summed E-state index contributed by atoms with van der Waals surface area (Å²) in [6, 6.07) is 3.83. The van der Waals surface area contributed by atoms with E-state index in [-0.39, 0.29) is 10.9 Å². The summed E-state index contributed by atoms with van der Waals surface area (Å²) < 4.78 is 5.99. The van der Waals surface area contributed by atoms with Crippen molar-refractivity contribution in [2.24, 2.45) is 0 Å². The molecule has 1 saturated heterocycles. The summed E-state index contributed by atoms with van der Waals surface area (Å²) in [4.78, 5) is 21.1. The number of rotatable bonds is 5. The number of anilines is 1. The number of hydrogen-bond acceptors (Lipinski definition) is 5. The van der Waals surface area contributed by atoms with Gasteiger partial charge >= 0.3 is 0 Å². The van der Waals surface area contributed by atoms with E-state index in [9.17, 15) is 4.79 Å². The molecule has 3 rings (SSSR count). The number of hydrogen-bond donors (Lipinski definition) is 0. The van der Waals surface area contributed by atoms with Gasteiger partial charge in [0.05, 0.1) is 11.3 Å². The van der Waals surface area contributed by atoms with Gasteiger partial charge in [-0.15, -0.1) is 11.8 Å². The molecule has 5 nitrogen and oxygen atoms in total. The molecule has 2 aliphatic rings. The van der Waals surface area contributed by atoms with Crippen LogP contribution in [0.1, 0.15) is 25.7 Å². The lowest BCUT2D eigenvalue weighted by Crippen LogP contribution is -2.50. The first-order valence-corrected chi connectivity index (χ1v) is 9.42. The molecule has 1 aliphatic carbocycles. The Bertz CT molecular complexity index is 569. The fourth-order valence-corrected chi connectivity index (χ4v) is 4.29. The van der Waals surface area contributed by atoms with Gasteiger partial charge < -0.3 is 14.5 Å². The van der Waals surface area contributed by atoms with Gasteiger partial charge in [-0.2, -0.15) is 0 Å². The second kappa shape index (κ2) is 6.59. The van der Waals surface area contributed by atoms with Crippen molar-refractivity contribution in [2.75, 3.05) is 38.3 Å². The summed E-state index contributed by atoms with van der Waals surface area (Å²) in [5.41, 5.74) is 0. The highest BCUT2D eigenvalue weighted by Gasteiger charge is 2.47. The summed E-state index contributed by atoms with van der Waals surface area (Å²) in [6.45, 7) is 1.48. The molecule has 1 aromatic rings. The predicted octanol–water partition coefficient (Wildman–Crippen LogP) is 2.41. The van der Waals surface area contributed by atoms with Gasteiger partial charge in [-0.3, -0.25) is 4.79 Å². The van der Waals surface area contributed by atoms with E-state index in [4.69, 9.17) is 4.74 Å². The third kappa shape index (κ3) is 3.13. The fourth-order valence-electron chi connectivity index (χ4n) is 3.29. The first-order chi connectivity index (χ1) is 11.1. The van der Waals surface area contributed by atoms with E-state index >= 15 is 0 Å². The highest BCUT2D eigenvalue weighted by molar-refractivity contribution is 8.00. The average Bonchev–Trinajstić information content (AvgIpc) is 2.95. The SMILES string of the molecule is CSC1(C(=O)N2CC[C@H](Oc3cccnc3N(C)C)C2)CCC1. The maximum atomic E-state index is 12.8. The maximum absolute atomic E-state index is 12.8. The van der Waals surface area contributed by atoms with E-state index in [1.165, 1.54) is 6.42 Å². The minimum absolute atomic E-state index is 0.0563. The number of carbonyl (C=O) groups excluding carboxylic acids is 1. The minimum atomic E-state index is -0.155. The van der Waals surface area contributed by atoms with Crippen LogP contribution in [0.3, 0.4) is 0 Å². The number of aromatic nitrogens is 1. The van der Waals surface area contributed by atoms with Crippen LogP contribution in [0.15, 0.2) is 18.3 Å². The van der Waals surface area contributed by atoms with Crippen molar-refractivity contribution in [3.05, 3.63) is 18.3 Å². The van der Waals surface area contributed by atoms with Crippen LogP contribution in [0.25, 0.3) is 0 Å². The molecule has 0 radical (unpaired) electrons. The van der Waals surface area contributed by atoms with Crippen LogP contribution in [-0.2, 0) is 4.79 Å². The van der Waals surface area contributed by atoms with E-state index in [1.807, 2.05) is 36.0 Å². The van der Waals surface area contributed by atoms with Crippen molar-refractivity contribution in [3.8, 4) is 5.75 Å².